The van der Waals surface area contributed by atoms with Crippen LogP contribution in [0.25, 0.3) is 0 Å². The molecule has 1 aliphatic rings. The molecule has 1 fully saturated rings. The van der Waals surface area contributed by atoms with Gasteiger partial charge in [0.1, 0.15) is 12.1 Å². The normalized spacial score (nSPS) is 23.9. The number of hydrogen-bond donors (Lipinski definition) is 1. The Hall–Kier alpha value is -1.11. The Morgan fingerprint density at radius 1 is 1.33 bits per heavy atom. The van der Waals surface area contributed by atoms with Crippen LogP contribution in [0.5, 0.6) is 0 Å². The Labute approximate surface area is 139 Å². The second-order valence-corrected chi connectivity index (χ2v) is 6.73. The van der Waals surface area contributed by atoms with E-state index >= 15 is 0 Å². The van der Waals surface area contributed by atoms with Gasteiger partial charge in [-0.1, -0.05) is 33.3 Å². The zero-order chi connectivity index (χ0) is 15.6. The fraction of sp³-hybridized carbons (Fsp3) is 0.500. The highest BCUT2D eigenvalue weighted by Crippen LogP contribution is 2.27. The van der Waals surface area contributed by atoms with Crippen LogP contribution < -0.4 is 10.2 Å². The van der Waals surface area contributed by atoms with E-state index in [-0.39, 0.29) is 17.7 Å². The Bertz CT molecular complexity index is 547. The number of amides is 2. The molecule has 1 heterocycles. The summed E-state index contributed by atoms with van der Waals surface area (Å²) in [4.78, 5) is 26.9. The van der Waals surface area contributed by atoms with Crippen LogP contribution in [0, 0.1) is 9.49 Å². The molecule has 114 valence electrons. The number of nitrogens with zero attached hydrogens (tertiary/aromatic N) is 1. The average molecular weight is 400 g/mol. The van der Waals surface area contributed by atoms with Crippen LogP contribution in [0.3, 0.4) is 0 Å². The quantitative estimate of drug-likeness (QED) is 0.791. The number of piperazine rings is 1. The summed E-state index contributed by atoms with van der Waals surface area (Å²) in [7, 11) is 0. The van der Waals surface area contributed by atoms with Gasteiger partial charge in [-0.25, -0.2) is 0 Å². The third kappa shape index (κ3) is 3.22. The first kappa shape index (κ1) is 16.3. The monoisotopic (exact) mass is 400 g/mol. The molecule has 21 heavy (non-hydrogen) atoms. The highest BCUT2D eigenvalue weighted by Gasteiger charge is 2.42. The van der Waals surface area contributed by atoms with Crippen LogP contribution in [0.2, 0.25) is 0 Å². The van der Waals surface area contributed by atoms with Crippen LogP contribution in [0.15, 0.2) is 24.3 Å². The molecule has 0 saturated carbocycles. The van der Waals surface area contributed by atoms with Crippen molar-refractivity contribution >= 4 is 40.1 Å². The van der Waals surface area contributed by atoms with E-state index in [2.05, 4.69) is 27.9 Å². The summed E-state index contributed by atoms with van der Waals surface area (Å²) in [6.07, 6.45) is 1.46. The first-order valence-corrected chi connectivity index (χ1v) is 8.46. The standard InChI is InChI=1S/C16H21IN2O2/c1-4-10(3)14-16(21)19(13(5-2)15(20)18-14)12-8-6-7-11(17)9-12/h6-10,13-14H,4-5H2,1-3H3,(H,18,20). The van der Waals surface area contributed by atoms with Crippen LogP contribution in [0.4, 0.5) is 5.69 Å². The van der Waals surface area contributed by atoms with Gasteiger partial charge in [-0.05, 0) is 53.1 Å². The summed E-state index contributed by atoms with van der Waals surface area (Å²) in [6.45, 7) is 5.97. The Morgan fingerprint density at radius 3 is 2.62 bits per heavy atom. The van der Waals surface area contributed by atoms with Gasteiger partial charge in [0, 0.05) is 9.26 Å². The van der Waals surface area contributed by atoms with E-state index in [4.69, 9.17) is 0 Å². The minimum Gasteiger partial charge on any atom is -0.342 e. The lowest BCUT2D eigenvalue weighted by Crippen LogP contribution is -2.65. The lowest BCUT2D eigenvalue weighted by atomic mass is 9.93. The lowest BCUT2D eigenvalue weighted by Gasteiger charge is -2.40. The highest BCUT2D eigenvalue weighted by atomic mass is 127. The number of halogens is 1. The average Bonchev–Trinajstić information content (AvgIpc) is 2.47. The first-order chi connectivity index (χ1) is 9.99. The fourth-order valence-corrected chi connectivity index (χ4v) is 3.18. The van der Waals surface area contributed by atoms with Crippen molar-refractivity contribution in [2.24, 2.45) is 5.92 Å². The number of benzene rings is 1. The first-order valence-electron chi connectivity index (χ1n) is 7.38. The number of rotatable bonds is 4. The number of carbonyl (C=O) groups excluding carboxylic acids is 2. The summed E-state index contributed by atoms with van der Waals surface area (Å²) in [5, 5.41) is 2.90. The van der Waals surface area contributed by atoms with Gasteiger partial charge < -0.3 is 5.32 Å². The van der Waals surface area contributed by atoms with Gasteiger partial charge >= 0.3 is 0 Å². The molecule has 1 aromatic rings. The van der Waals surface area contributed by atoms with E-state index in [1.807, 2.05) is 45.0 Å². The molecule has 3 unspecified atom stereocenters. The molecule has 0 aliphatic carbocycles. The van der Waals surface area contributed by atoms with Gasteiger partial charge in [-0.3, -0.25) is 14.5 Å². The summed E-state index contributed by atoms with van der Waals surface area (Å²) in [6, 6.07) is 6.90. The van der Waals surface area contributed by atoms with Crippen LogP contribution >= 0.6 is 22.6 Å². The molecule has 0 spiro atoms. The molecule has 1 aromatic carbocycles. The second-order valence-electron chi connectivity index (χ2n) is 5.48. The van der Waals surface area contributed by atoms with Crippen molar-refractivity contribution in [2.75, 3.05) is 4.90 Å². The minimum atomic E-state index is -0.428. The third-order valence-corrected chi connectivity index (χ3v) is 4.77. The largest absolute Gasteiger partial charge is 0.342 e. The van der Waals surface area contributed by atoms with Crippen molar-refractivity contribution < 1.29 is 9.59 Å². The van der Waals surface area contributed by atoms with E-state index in [0.717, 1.165) is 15.7 Å². The molecule has 2 rings (SSSR count). The molecule has 1 aliphatic heterocycles. The molecule has 2 amide bonds. The summed E-state index contributed by atoms with van der Waals surface area (Å²) >= 11 is 2.22. The van der Waals surface area contributed by atoms with Crippen LogP contribution in [-0.2, 0) is 9.59 Å². The molecule has 1 N–H and O–H groups in total. The summed E-state index contributed by atoms with van der Waals surface area (Å²) in [5.41, 5.74) is 0.807. The number of anilines is 1. The van der Waals surface area contributed by atoms with E-state index in [1.54, 1.807) is 4.90 Å². The Kier molecular flexibility index (Phi) is 5.24. The maximum Gasteiger partial charge on any atom is 0.250 e. The van der Waals surface area contributed by atoms with Crippen molar-refractivity contribution in [2.45, 2.75) is 45.7 Å². The predicted octanol–water partition coefficient (Wildman–Crippen LogP) is 2.95. The maximum absolute atomic E-state index is 12.9. The molecule has 0 radical (unpaired) electrons. The minimum absolute atomic E-state index is 0.00204. The number of hydrogen-bond acceptors (Lipinski definition) is 2. The topological polar surface area (TPSA) is 49.4 Å². The fourth-order valence-electron chi connectivity index (χ4n) is 2.65. The van der Waals surface area contributed by atoms with Crippen molar-refractivity contribution in [1.82, 2.24) is 5.32 Å². The van der Waals surface area contributed by atoms with Crippen LogP contribution in [-0.4, -0.2) is 23.9 Å². The molecular formula is C16H21IN2O2. The smallest absolute Gasteiger partial charge is 0.250 e. The Balaban J connectivity index is 2.42. The van der Waals surface area contributed by atoms with E-state index in [9.17, 15) is 9.59 Å². The molecule has 4 nitrogen and oxygen atoms in total. The van der Waals surface area contributed by atoms with Gasteiger partial charge in [-0.15, -0.1) is 0 Å². The molecular weight excluding hydrogens is 379 g/mol. The van der Waals surface area contributed by atoms with Crippen molar-refractivity contribution in [3.8, 4) is 0 Å². The van der Waals surface area contributed by atoms with Crippen molar-refractivity contribution in [3.05, 3.63) is 27.8 Å². The molecule has 1 saturated heterocycles. The molecule has 0 bridgehead atoms. The SMILES string of the molecule is CCC(C)C1NC(=O)C(CC)N(c2cccc(I)c2)C1=O. The van der Waals surface area contributed by atoms with Crippen molar-refractivity contribution in [3.63, 3.8) is 0 Å². The van der Waals surface area contributed by atoms with Gasteiger partial charge in [0.05, 0.1) is 0 Å². The summed E-state index contributed by atoms with van der Waals surface area (Å²) < 4.78 is 1.05. The van der Waals surface area contributed by atoms with Crippen molar-refractivity contribution in [1.29, 1.82) is 0 Å². The lowest BCUT2D eigenvalue weighted by molar-refractivity contribution is -0.135. The highest BCUT2D eigenvalue weighted by molar-refractivity contribution is 14.1. The van der Waals surface area contributed by atoms with E-state index < -0.39 is 12.1 Å². The zero-order valence-electron chi connectivity index (χ0n) is 12.6. The van der Waals surface area contributed by atoms with Gasteiger partial charge in [0.15, 0.2) is 0 Å². The second kappa shape index (κ2) is 6.77. The number of nitrogens with one attached hydrogen (secondary N) is 1. The zero-order valence-corrected chi connectivity index (χ0v) is 14.8. The Morgan fingerprint density at radius 2 is 2.05 bits per heavy atom. The van der Waals surface area contributed by atoms with Gasteiger partial charge in [0.25, 0.3) is 5.91 Å². The summed E-state index contributed by atoms with van der Waals surface area (Å²) in [5.74, 6) is 0.0728. The van der Waals surface area contributed by atoms with E-state index in [1.165, 1.54) is 0 Å². The maximum atomic E-state index is 12.9. The molecule has 0 aromatic heterocycles. The molecule has 3 atom stereocenters. The van der Waals surface area contributed by atoms with Gasteiger partial charge in [-0.2, -0.15) is 0 Å². The predicted molar refractivity (Wildman–Crippen MR) is 92.1 cm³/mol. The molecule has 5 heteroatoms. The van der Waals surface area contributed by atoms with Crippen LogP contribution in [0.1, 0.15) is 33.6 Å². The number of carbonyl (C=O) groups is 2. The van der Waals surface area contributed by atoms with Gasteiger partial charge in [0.2, 0.25) is 5.91 Å². The van der Waals surface area contributed by atoms with E-state index in [0.29, 0.717) is 6.42 Å². The third-order valence-electron chi connectivity index (χ3n) is 4.10.